The van der Waals surface area contributed by atoms with Crippen LogP contribution in [0.2, 0.25) is 54.4 Å². The molecule has 0 radical (unpaired) electrons. The van der Waals surface area contributed by atoms with E-state index in [2.05, 4.69) is 115 Å². The highest BCUT2D eigenvalue weighted by molar-refractivity contribution is 6.75. The summed E-state index contributed by atoms with van der Waals surface area (Å²) in [5.41, 5.74) is -0.961. The maximum Gasteiger partial charge on any atom is 0.192 e. The molecule has 0 N–H and O–H groups in total. The molecule has 1 saturated heterocycles. The summed E-state index contributed by atoms with van der Waals surface area (Å²) in [6, 6.07) is -0.173. The Hall–Kier alpha value is 0.116. The van der Waals surface area contributed by atoms with E-state index < -0.39 is 30.6 Å². The first-order valence-electron chi connectivity index (χ1n) is 12.5. The third kappa shape index (κ3) is 6.66. The Balaban J connectivity index is 3.49. The molecule has 4 atom stereocenters. The molecule has 1 heterocycles. The van der Waals surface area contributed by atoms with Gasteiger partial charge in [0.2, 0.25) is 0 Å². The highest BCUT2D eigenvalue weighted by atomic mass is 28.4. The van der Waals surface area contributed by atoms with Crippen molar-refractivity contribution in [3.8, 4) is 12.3 Å². The molecule has 0 saturated carbocycles. The zero-order valence-corrected chi connectivity index (χ0v) is 27.6. The molecule has 0 aromatic rings. The lowest BCUT2D eigenvalue weighted by Crippen LogP contribution is -2.58. The Morgan fingerprint density at radius 1 is 0.788 bits per heavy atom. The van der Waals surface area contributed by atoms with Gasteiger partial charge in [-0.25, -0.2) is 0 Å². The molecule has 0 aliphatic carbocycles. The van der Waals surface area contributed by atoms with Crippen LogP contribution in [-0.2, 0) is 18.0 Å². The average Bonchev–Trinajstić information content (AvgIpc) is 2.82. The summed E-state index contributed by atoms with van der Waals surface area (Å²) < 4.78 is 27.3. The molecule has 4 nitrogen and oxygen atoms in total. The lowest BCUT2D eigenvalue weighted by molar-refractivity contribution is -0.0500. The predicted octanol–water partition coefficient (Wildman–Crippen LogP) is 6.15. The highest BCUT2D eigenvalue weighted by Crippen LogP contribution is 2.46. The van der Waals surface area contributed by atoms with Crippen LogP contribution in [0.4, 0.5) is 0 Å². The Kier molecular flexibility index (Phi) is 9.00. The first-order chi connectivity index (χ1) is 14.3. The molecule has 192 valence electrons. The topological polar surface area (TPSA) is 36.9 Å². The van der Waals surface area contributed by atoms with Crippen molar-refractivity contribution >= 4 is 32.8 Å². The van der Waals surface area contributed by atoms with E-state index in [1.165, 1.54) is 0 Å². The van der Waals surface area contributed by atoms with Crippen molar-refractivity contribution in [2.75, 3.05) is 6.61 Å². The molecule has 33 heavy (non-hydrogen) atoms. The summed E-state index contributed by atoms with van der Waals surface area (Å²) in [6.07, 6.45) is 5.66. The number of hydrogen-bond donors (Lipinski definition) is 0. The molecule has 1 fully saturated rings. The van der Waals surface area contributed by atoms with Crippen LogP contribution in [-0.4, -0.2) is 63.2 Å². The molecule has 0 bridgehead atoms. The maximum absolute atomic E-state index is 7.07. The van der Waals surface area contributed by atoms with Crippen LogP contribution < -0.4 is 0 Å². The second kappa shape index (κ2) is 9.53. The van der Waals surface area contributed by atoms with Crippen molar-refractivity contribution in [2.24, 2.45) is 0 Å². The van der Waals surface area contributed by atoms with Gasteiger partial charge >= 0.3 is 0 Å². The lowest BCUT2D eigenvalue weighted by Gasteiger charge is -2.46. The van der Waals surface area contributed by atoms with Gasteiger partial charge in [0.15, 0.2) is 30.6 Å². The largest absolute Gasteiger partial charge is 0.413 e. The fourth-order valence-electron chi connectivity index (χ4n) is 3.09. The molecule has 8 heteroatoms. The maximum atomic E-state index is 7.07. The summed E-state index contributed by atoms with van der Waals surface area (Å²) in [4.78, 5) is 0. The first-order valence-corrected chi connectivity index (χ1v) is 21.2. The minimum Gasteiger partial charge on any atom is -0.413 e. The monoisotopic (exact) mass is 512 g/mol. The van der Waals surface area contributed by atoms with E-state index in [-0.39, 0.29) is 33.3 Å². The minimum absolute atomic E-state index is 0.0426. The summed E-state index contributed by atoms with van der Waals surface area (Å²) in [5.74, 6) is 3.02. The zero-order valence-electron chi connectivity index (χ0n) is 24.6. The van der Waals surface area contributed by atoms with Crippen LogP contribution in [0.25, 0.3) is 0 Å². The van der Waals surface area contributed by atoms with Gasteiger partial charge in [-0.1, -0.05) is 68.2 Å². The summed E-state index contributed by atoms with van der Waals surface area (Å²) >= 11 is 0. The number of ether oxygens (including phenoxy) is 1. The molecule has 0 unspecified atom stereocenters. The SMILES string of the molecule is B[C@@H]1O[C@](C#C)(CO[Si](C)(C)C(C)(C)C)[C@@H](O[Si](C)(C)C(C)(C)C)[C@H]1O[Si](C)(C)C(C)(C)C. The van der Waals surface area contributed by atoms with Crippen LogP contribution in [0.1, 0.15) is 62.3 Å². The molecule has 0 aromatic heterocycles. The van der Waals surface area contributed by atoms with Gasteiger partial charge in [-0.15, -0.1) is 6.42 Å². The highest BCUT2D eigenvalue weighted by Gasteiger charge is 2.59. The molecule has 0 aromatic carbocycles. The Bertz CT molecular complexity index is 726. The van der Waals surface area contributed by atoms with Crippen molar-refractivity contribution in [3.63, 3.8) is 0 Å². The van der Waals surface area contributed by atoms with Crippen molar-refractivity contribution in [1.82, 2.24) is 0 Å². The smallest absolute Gasteiger partial charge is 0.192 e. The standard InChI is InChI=1S/C25H53BO4Si3/c1-17-25(18-27-31(11,12)22(2,3)4)20(30-33(15,16)24(8,9)10)19(21(26)28-25)29-32(13,14)23(5,6)7/h1,19-21H,18,26H2,2-16H3/t19-,20+,21-,25-/m1/s1. The third-order valence-electron chi connectivity index (χ3n) is 8.78. The van der Waals surface area contributed by atoms with Crippen molar-refractivity contribution in [2.45, 2.75) is 141 Å². The predicted molar refractivity (Wildman–Crippen MR) is 152 cm³/mol. The molecule has 1 rings (SSSR count). The quantitative estimate of drug-likeness (QED) is 0.303. The minimum atomic E-state index is -2.16. The van der Waals surface area contributed by atoms with E-state index in [0.717, 1.165) is 0 Å². The van der Waals surface area contributed by atoms with Crippen LogP contribution in [0, 0.1) is 12.3 Å². The van der Waals surface area contributed by atoms with E-state index in [0.29, 0.717) is 6.61 Å². The summed E-state index contributed by atoms with van der Waals surface area (Å²) in [5, 5.41) is 0.202. The van der Waals surface area contributed by atoms with Gasteiger partial charge < -0.3 is 18.0 Å². The lowest BCUT2D eigenvalue weighted by atomic mass is 9.90. The van der Waals surface area contributed by atoms with Crippen molar-refractivity contribution < 1.29 is 18.0 Å². The molecule has 1 aliphatic rings. The van der Waals surface area contributed by atoms with E-state index in [1.54, 1.807) is 0 Å². The zero-order chi connectivity index (χ0) is 26.5. The van der Waals surface area contributed by atoms with Crippen LogP contribution >= 0.6 is 0 Å². The third-order valence-corrected chi connectivity index (χ3v) is 22.2. The second-order valence-corrected chi connectivity index (χ2v) is 28.9. The average molecular weight is 513 g/mol. The normalized spacial score (nSPS) is 28.1. The van der Waals surface area contributed by atoms with Crippen LogP contribution in [0.3, 0.4) is 0 Å². The number of hydrogen-bond acceptors (Lipinski definition) is 4. The first kappa shape index (κ1) is 31.1. The van der Waals surface area contributed by atoms with Gasteiger partial charge in [0.1, 0.15) is 14.0 Å². The van der Waals surface area contributed by atoms with E-state index >= 15 is 0 Å². The Morgan fingerprint density at radius 3 is 1.55 bits per heavy atom. The van der Waals surface area contributed by atoms with E-state index in [1.807, 2.05) is 0 Å². The number of rotatable bonds is 7. The van der Waals surface area contributed by atoms with Crippen LogP contribution in [0.15, 0.2) is 0 Å². The second-order valence-electron chi connectivity index (χ2n) is 14.5. The molecule has 0 spiro atoms. The van der Waals surface area contributed by atoms with Crippen molar-refractivity contribution in [3.05, 3.63) is 0 Å². The van der Waals surface area contributed by atoms with Crippen molar-refractivity contribution in [1.29, 1.82) is 0 Å². The van der Waals surface area contributed by atoms with Gasteiger partial charge in [0.25, 0.3) is 0 Å². The van der Waals surface area contributed by atoms with E-state index in [4.69, 9.17) is 24.4 Å². The van der Waals surface area contributed by atoms with Gasteiger partial charge in [0.05, 0.1) is 18.7 Å². The van der Waals surface area contributed by atoms with Gasteiger partial charge in [-0.2, -0.15) is 0 Å². The summed E-state index contributed by atoms with van der Waals surface area (Å²) in [7, 11) is -4.21. The number of terminal acetylenes is 1. The fourth-order valence-corrected chi connectivity index (χ4v) is 6.76. The molecular weight excluding hydrogens is 459 g/mol. The summed E-state index contributed by atoms with van der Waals surface area (Å²) in [6.45, 7) is 34.2. The van der Waals surface area contributed by atoms with E-state index in [9.17, 15) is 0 Å². The Morgan fingerprint density at radius 2 is 1.18 bits per heavy atom. The molecular formula is C25H53BO4Si3. The Labute approximate surface area is 210 Å². The molecule has 1 aliphatic heterocycles. The van der Waals surface area contributed by atoms with Gasteiger partial charge in [0, 0.05) is 0 Å². The fraction of sp³-hybridized carbons (Fsp3) is 0.920. The van der Waals surface area contributed by atoms with Gasteiger partial charge in [-0.05, 0) is 54.4 Å². The van der Waals surface area contributed by atoms with Crippen LogP contribution in [0.5, 0.6) is 0 Å². The molecule has 0 amide bonds. The van der Waals surface area contributed by atoms with Gasteiger partial charge in [-0.3, -0.25) is 0 Å².